The minimum absolute atomic E-state index is 0.0155. The van der Waals surface area contributed by atoms with E-state index in [1.165, 1.54) is 31.2 Å². The molecule has 2 aromatic carbocycles. The van der Waals surface area contributed by atoms with Crippen LogP contribution in [0.3, 0.4) is 0 Å². The fraction of sp³-hybridized carbons (Fsp3) is 0.222. The molecule has 1 aliphatic rings. The second kappa shape index (κ2) is 7.32. The largest absolute Gasteiger partial charge is 0.477 e. The monoisotopic (exact) mass is 372 g/mol. The summed E-state index contributed by atoms with van der Waals surface area (Å²) in [6.07, 6.45) is 0. The van der Waals surface area contributed by atoms with Gasteiger partial charge >= 0.3 is 5.69 Å². The van der Waals surface area contributed by atoms with Crippen LogP contribution >= 0.6 is 0 Å². The lowest BCUT2D eigenvalue weighted by atomic mass is 10.1. The molecule has 0 saturated heterocycles. The molecule has 1 heterocycles. The lowest BCUT2D eigenvalue weighted by Crippen LogP contribution is -2.21. The Morgan fingerprint density at radius 3 is 2.59 bits per heavy atom. The highest BCUT2D eigenvalue weighted by atomic mass is 16.7. The van der Waals surface area contributed by atoms with Gasteiger partial charge in [0, 0.05) is 17.7 Å². The van der Waals surface area contributed by atoms with Gasteiger partial charge in [-0.2, -0.15) is 0 Å². The van der Waals surface area contributed by atoms with E-state index in [1.807, 2.05) is 0 Å². The third-order valence-corrected chi connectivity index (χ3v) is 3.84. The molecule has 0 fully saturated rings. The number of carbonyl (C=O) groups excluding carboxylic acids is 2. The van der Waals surface area contributed by atoms with Gasteiger partial charge in [0.25, 0.3) is 5.91 Å². The minimum Gasteiger partial charge on any atom is -0.477 e. The van der Waals surface area contributed by atoms with E-state index in [9.17, 15) is 19.7 Å². The molecule has 0 aromatic heterocycles. The highest BCUT2D eigenvalue weighted by molar-refractivity contribution is 6.04. The summed E-state index contributed by atoms with van der Waals surface area (Å²) in [5.41, 5.74) is 0.980. The van der Waals surface area contributed by atoms with Crippen LogP contribution in [0.1, 0.15) is 22.8 Å². The normalized spacial score (nSPS) is 11.8. The number of fused-ring (bicyclic) bond motifs is 1. The first-order valence-corrected chi connectivity index (χ1v) is 7.97. The van der Waals surface area contributed by atoms with Crippen molar-refractivity contribution in [3.05, 3.63) is 51.6 Å². The van der Waals surface area contributed by atoms with Crippen molar-refractivity contribution >= 4 is 23.1 Å². The summed E-state index contributed by atoms with van der Waals surface area (Å²) in [5, 5.41) is 13.7. The van der Waals surface area contributed by atoms with Crippen LogP contribution in [0.5, 0.6) is 17.2 Å². The van der Waals surface area contributed by atoms with E-state index < -0.39 is 17.4 Å². The molecule has 27 heavy (non-hydrogen) atoms. The molecule has 0 aliphatic carbocycles. The second-order valence-electron chi connectivity index (χ2n) is 5.87. The molecular formula is C18H16N2O7. The molecule has 1 aliphatic heterocycles. The number of amides is 1. The number of hydrogen-bond acceptors (Lipinski definition) is 7. The molecule has 9 nitrogen and oxygen atoms in total. The molecular weight excluding hydrogens is 356 g/mol. The third-order valence-electron chi connectivity index (χ3n) is 3.84. The molecule has 1 N–H and O–H groups in total. The Labute approximate surface area is 154 Å². The van der Waals surface area contributed by atoms with Gasteiger partial charge < -0.3 is 19.5 Å². The van der Waals surface area contributed by atoms with E-state index in [-0.39, 0.29) is 35.3 Å². The van der Waals surface area contributed by atoms with Crippen LogP contribution in [0, 0.1) is 17.0 Å². The Morgan fingerprint density at radius 2 is 1.93 bits per heavy atom. The van der Waals surface area contributed by atoms with Crippen molar-refractivity contribution in [2.75, 3.05) is 18.7 Å². The molecule has 3 rings (SSSR count). The molecule has 0 spiro atoms. The standard InChI is InChI=1S/C18H16N2O7/c1-10-3-4-15(14(5-10)20(23)24)25-8-18(22)19-13-7-17-16(26-9-27-17)6-12(13)11(2)21/h3-7H,8-9H2,1-2H3,(H,19,22). The number of carbonyl (C=O) groups is 2. The molecule has 0 radical (unpaired) electrons. The highest BCUT2D eigenvalue weighted by Gasteiger charge is 2.21. The topological polar surface area (TPSA) is 117 Å². The maximum absolute atomic E-state index is 12.2. The smallest absolute Gasteiger partial charge is 0.311 e. The van der Waals surface area contributed by atoms with Crippen molar-refractivity contribution in [1.29, 1.82) is 0 Å². The van der Waals surface area contributed by atoms with Crippen molar-refractivity contribution in [2.24, 2.45) is 0 Å². The van der Waals surface area contributed by atoms with E-state index >= 15 is 0 Å². The number of hydrogen-bond donors (Lipinski definition) is 1. The van der Waals surface area contributed by atoms with Gasteiger partial charge in [-0.05, 0) is 31.5 Å². The number of rotatable bonds is 6. The number of nitro groups is 1. The zero-order chi connectivity index (χ0) is 19.6. The summed E-state index contributed by atoms with van der Waals surface area (Å²) >= 11 is 0. The zero-order valence-corrected chi connectivity index (χ0v) is 14.6. The van der Waals surface area contributed by atoms with E-state index in [4.69, 9.17) is 14.2 Å². The van der Waals surface area contributed by atoms with Crippen LogP contribution in [0.25, 0.3) is 0 Å². The Bertz CT molecular complexity index is 940. The Kier molecular flexibility index (Phi) is 4.93. The van der Waals surface area contributed by atoms with Crippen molar-refractivity contribution in [2.45, 2.75) is 13.8 Å². The van der Waals surface area contributed by atoms with E-state index in [0.29, 0.717) is 17.1 Å². The maximum atomic E-state index is 12.2. The quantitative estimate of drug-likeness (QED) is 0.471. The first-order valence-electron chi connectivity index (χ1n) is 7.97. The average Bonchev–Trinajstić information content (AvgIpc) is 3.07. The third kappa shape index (κ3) is 3.97. The average molecular weight is 372 g/mol. The Morgan fingerprint density at radius 1 is 1.22 bits per heavy atom. The Balaban J connectivity index is 1.74. The predicted octanol–water partition coefficient (Wildman–Crippen LogP) is 2.85. The van der Waals surface area contributed by atoms with Crippen LogP contribution in [0.2, 0.25) is 0 Å². The van der Waals surface area contributed by atoms with Gasteiger partial charge in [0.15, 0.2) is 29.6 Å². The van der Waals surface area contributed by atoms with Crippen molar-refractivity contribution < 1.29 is 28.7 Å². The lowest BCUT2D eigenvalue weighted by Gasteiger charge is -2.11. The number of nitrogens with zero attached hydrogens (tertiary/aromatic N) is 1. The second-order valence-corrected chi connectivity index (χ2v) is 5.87. The molecule has 0 bridgehead atoms. The van der Waals surface area contributed by atoms with Gasteiger partial charge in [-0.3, -0.25) is 19.7 Å². The summed E-state index contributed by atoms with van der Waals surface area (Å²) < 4.78 is 15.8. The first kappa shape index (κ1) is 18.2. The fourth-order valence-electron chi connectivity index (χ4n) is 2.56. The van der Waals surface area contributed by atoms with Crippen molar-refractivity contribution in [3.8, 4) is 17.2 Å². The molecule has 0 atom stereocenters. The number of aryl methyl sites for hydroxylation is 1. The van der Waals surface area contributed by atoms with Crippen LogP contribution in [0.15, 0.2) is 30.3 Å². The number of ketones is 1. The van der Waals surface area contributed by atoms with E-state index in [0.717, 1.165) is 0 Å². The number of benzene rings is 2. The van der Waals surface area contributed by atoms with E-state index in [1.54, 1.807) is 13.0 Å². The fourth-order valence-corrected chi connectivity index (χ4v) is 2.56. The van der Waals surface area contributed by atoms with Gasteiger partial charge in [0.1, 0.15) is 0 Å². The number of ether oxygens (including phenoxy) is 3. The van der Waals surface area contributed by atoms with Crippen LogP contribution in [0.4, 0.5) is 11.4 Å². The summed E-state index contributed by atoms with van der Waals surface area (Å²) in [5.74, 6) is -0.0294. The molecule has 0 saturated carbocycles. The van der Waals surface area contributed by atoms with Crippen LogP contribution in [-0.4, -0.2) is 30.0 Å². The van der Waals surface area contributed by atoms with Crippen molar-refractivity contribution in [1.82, 2.24) is 0 Å². The number of nitro benzene ring substituents is 1. The Hall–Kier alpha value is -3.62. The molecule has 0 unspecified atom stereocenters. The summed E-state index contributed by atoms with van der Waals surface area (Å²) in [6.45, 7) is 2.64. The summed E-state index contributed by atoms with van der Waals surface area (Å²) in [6, 6.07) is 7.42. The maximum Gasteiger partial charge on any atom is 0.311 e. The molecule has 140 valence electrons. The first-order chi connectivity index (χ1) is 12.8. The lowest BCUT2D eigenvalue weighted by molar-refractivity contribution is -0.385. The number of nitrogens with one attached hydrogen (secondary N) is 1. The van der Waals surface area contributed by atoms with Gasteiger partial charge in [-0.1, -0.05) is 6.07 Å². The number of Topliss-reactive ketones (excluding diaryl/α,β-unsaturated/α-hetero) is 1. The summed E-state index contributed by atoms with van der Waals surface area (Å²) in [7, 11) is 0. The van der Waals surface area contributed by atoms with Gasteiger partial charge in [-0.15, -0.1) is 0 Å². The highest BCUT2D eigenvalue weighted by Crippen LogP contribution is 2.37. The number of anilines is 1. The van der Waals surface area contributed by atoms with Crippen molar-refractivity contribution in [3.63, 3.8) is 0 Å². The SMILES string of the molecule is CC(=O)c1cc2c(cc1NC(=O)COc1ccc(C)cc1[N+](=O)[O-])OCO2. The van der Waals surface area contributed by atoms with Crippen LogP contribution < -0.4 is 19.5 Å². The molecule has 9 heteroatoms. The molecule has 2 aromatic rings. The zero-order valence-electron chi connectivity index (χ0n) is 14.6. The van der Waals surface area contributed by atoms with E-state index in [2.05, 4.69) is 5.32 Å². The molecule has 1 amide bonds. The van der Waals surface area contributed by atoms with Crippen LogP contribution in [-0.2, 0) is 4.79 Å². The summed E-state index contributed by atoms with van der Waals surface area (Å²) in [4.78, 5) is 34.6. The minimum atomic E-state index is -0.578. The van der Waals surface area contributed by atoms with Gasteiger partial charge in [0.05, 0.1) is 10.6 Å². The predicted molar refractivity (Wildman–Crippen MR) is 94.5 cm³/mol. The van der Waals surface area contributed by atoms with Gasteiger partial charge in [0.2, 0.25) is 6.79 Å². The van der Waals surface area contributed by atoms with Gasteiger partial charge in [-0.25, -0.2) is 0 Å².